The molecule has 0 aliphatic carbocycles. The molecule has 0 atom stereocenters. The Bertz CT molecular complexity index is 1900. The first kappa shape index (κ1) is 27.7. The third kappa shape index (κ3) is 6.23. The third-order valence-electron chi connectivity index (χ3n) is 5.81. The highest BCUT2D eigenvalue weighted by Gasteiger charge is 2.15. The fourth-order valence-electron chi connectivity index (χ4n) is 4.13. The fourth-order valence-corrected chi connectivity index (χ4v) is 4.67. The Balaban J connectivity index is 0.000000312. The van der Waals surface area contributed by atoms with E-state index in [0.717, 1.165) is 23.0 Å². The predicted octanol–water partition coefficient (Wildman–Crippen LogP) is 3.50. The van der Waals surface area contributed by atoms with Gasteiger partial charge >= 0.3 is 0 Å². The average molecular weight is 555 g/mol. The summed E-state index contributed by atoms with van der Waals surface area (Å²) in [5.74, 6) is 0.200. The van der Waals surface area contributed by atoms with E-state index in [1.807, 2.05) is 67.6 Å². The minimum absolute atomic E-state index is 0.0801. The zero-order chi connectivity index (χ0) is 28.9. The van der Waals surface area contributed by atoms with Crippen molar-refractivity contribution >= 4 is 38.2 Å². The van der Waals surface area contributed by atoms with Crippen LogP contribution in [-0.4, -0.2) is 34.2 Å². The van der Waals surface area contributed by atoms with Crippen LogP contribution in [0, 0.1) is 11.3 Å². The van der Waals surface area contributed by atoms with Crippen molar-refractivity contribution in [3.63, 3.8) is 0 Å². The van der Waals surface area contributed by atoms with Crippen molar-refractivity contribution < 1.29 is 8.42 Å². The Hall–Kier alpha value is -5.28. The summed E-state index contributed by atoms with van der Waals surface area (Å²) in [5, 5.41) is 9.76. The molecule has 5 aromatic rings. The van der Waals surface area contributed by atoms with Gasteiger partial charge in [0, 0.05) is 23.1 Å². The zero-order valence-electron chi connectivity index (χ0n) is 21.7. The third-order valence-corrected chi connectivity index (χ3v) is 6.42. The van der Waals surface area contributed by atoms with Crippen molar-refractivity contribution in [2.75, 3.05) is 22.4 Å². The van der Waals surface area contributed by atoms with E-state index >= 15 is 0 Å². The molecule has 0 aliphatic rings. The van der Waals surface area contributed by atoms with Gasteiger partial charge in [-0.25, -0.2) is 13.4 Å². The van der Waals surface area contributed by atoms with Gasteiger partial charge in [0.15, 0.2) is 0 Å². The van der Waals surface area contributed by atoms with E-state index in [2.05, 4.69) is 19.7 Å². The van der Waals surface area contributed by atoms with Crippen LogP contribution < -0.4 is 21.7 Å². The number of nitrogens with one attached hydrogen (secondary N) is 1. The zero-order valence-corrected chi connectivity index (χ0v) is 22.6. The molecule has 3 aromatic heterocycles. The number of benzene rings is 2. The van der Waals surface area contributed by atoms with Crippen LogP contribution in [-0.2, 0) is 16.4 Å². The summed E-state index contributed by atoms with van der Waals surface area (Å²) in [7, 11) is -3.43. The van der Waals surface area contributed by atoms with Crippen molar-refractivity contribution in [3.05, 3.63) is 101 Å². The topological polar surface area (TPSA) is 183 Å². The molecule has 0 spiro atoms. The molecule has 0 amide bonds. The number of hydrogen-bond acceptors (Lipinski definition) is 9. The monoisotopic (exact) mass is 554 g/mol. The molecule has 0 saturated carbocycles. The molecule has 12 heteroatoms. The molecule has 0 bridgehead atoms. The molecule has 2 aromatic carbocycles. The lowest BCUT2D eigenvalue weighted by Crippen LogP contribution is -2.22. The molecule has 5 rings (SSSR count). The number of pyridine rings is 2. The Kier molecular flexibility index (Phi) is 8.07. The standard InChI is InChI=1S/C23H21N3O3S.C5H5N5/c1-3-19-13-16-8-7-11-21(17-12-18(15-24-14-17)25-30(2,28)29)22(16)23(27)26(19)20-9-5-4-6-10-20;6-1-3-2-9-5(8)10-4(3)7/h4-15,25H,3H2,1-2H3;2H,(H4,7,8,9,10). The van der Waals surface area contributed by atoms with Gasteiger partial charge in [-0.2, -0.15) is 10.2 Å². The molecule has 5 N–H and O–H groups in total. The van der Waals surface area contributed by atoms with Gasteiger partial charge in [-0.15, -0.1) is 0 Å². The molecule has 0 aliphatic heterocycles. The minimum Gasteiger partial charge on any atom is -0.382 e. The number of nitrogens with two attached hydrogens (primary N) is 2. The lowest BCUT2D eigenvalue weighted by atomic mass is 9.99. The lowest BCUT2D eigenvalue weighted by Gasteiger charge is -2.15. The number of hydrogen-bond donors (Lipinski definition) is 3. The van der Waals surface area contributed by atoms with Crippen LogP contribution in [0.2, 0.25) is 0 Å². The second-order valence-electron chi connectivity index (χ2n) is 8.71. The number of aryl methyl sites for hydroxylation is 1. The van der Waals surface area contributed by atoms with Crippen LogP contribution in [0.4, 0.5) is 17.5 Å². The predicted molar refractivity (Wildman–Crippen MR) is 156 cm³/mol. The summed E-state index contributed by atoms with van der Waals surface area (Å²) in [5.41, 5.74) is 14.0. The van der Waals surface area contributed by atoms with E-state index in [4.69, 9.17) is 16.7 Å². The Morgan fingerprint density at radius 1 is 1.02 bits per heavy atom. The second-order valence-corrected chi connectivity index (χ2v) is 10.5. The summed E-state index contributed by atoms with van der Waals surface area (Å²) in [6.07, 6.45) is 6.15. The van der Waals surface area contributed by atoms with Crippen LogP contribution in [0.15, 0.2) is 84.0 Å². The number of para-hydroxylation sites is 1. The number of nitrogen functional groups attached to an aromatic ring is 2. The quantitative estimate of drug-likeness (QED) is 0.293. The molecule has 202 valence electrons. The average Bonchev–Trinajstić information content (AvgIpc) is 2.92. The van der Waals surface area contributed by atoms with Gasteiger partial charge in [0.2, 0.25) is 16.0 Å². The summed E-state index contributed by atoms with van der Waals surface area (Å²) < 4.78 is 27.4. The lowest BCUT2D eigenvalue weighted by molar-refractivity contribution is 0.607. The number of anilines is 3. The van der Waals surface area contributed by atoms with Crippen LogP contribution in [0.1, 0.15) is 18.2 Å². The van der Waals surface area contributed by atoms with Crippen LogP contribution in [0.25, 0.3) is 27.6 Å². The van der Waals surface area contributed by atoms with Gasteiger partial charge in [-0.05, 0) is 41.6 Å². The van der Waals surface area contributed by atoms with Crippen LogP contribution in [0.5, 0.6) is 0 Å². The highest BCUT2D eigenvalue weighted by atomic mass is 32.2. The normalized spacial score (nSPS) is 10.8. The van der Waals surface area contributed by atoms with E-state index in [1.54, 1.807) is 16.8 Å². The minimum atomic E-state index is -3.43. The molecule has 0 unspecified atom stereocenters. The summed E-state index contributed by atoms with van der Waals surface area (Å²) in [4.78, 5) is 24.9. The van der Waals surface area contributed by atoms with E-state index in [0.29, 0.717) is 28.6 Å². The number of fused-ring (bicyclic) bond motifs is 1. The highest BCUT2D eigenvalue weighted by Crippen LogP contribution is 2.29. The Morgan fingerprint density at radius 2 is 1.77 bits per heavy atom. The molecule has 3 heterocycles. The highest BCUT2D eigenvalue weighted by molar-refractivity contribution is 7.92. The van der Waals surface area contributed by atoms with Gasteiger partial charge in [0.1, 0.15) is 17.5 Å². The fraction of sp³-hybridized carbons (Fsp3) is 0.107. The number of sulfonamides is 1. The van der Waals surface area contributed by atoms with E-state index in [-0.39, 0.29) is 22.9 Å². The van der Waals surface area contributed by atoms with E-state index in [9.17, 15) is 13.2 Å². The number of nitriles is 1. The van der Waals surface area contributed by atoms with Gasteiger partial charge in [-0.1, -0.05) is 43.3 Å². The largest absolute Gasteiger partial charge is 0.382 e. The van der Waals surface area contributed by atoms with Crippen molar-refractivity contribution in [1.82, 2.24) is 19.5 Å². The van der Waals surface area contributed by atoms with Gasteiger partial charge in [-0.3, -0.25) is 19.1 Å². The second kappa shape index (κ2) is 11.6. The smallest absolute Gasteiger partial charge is 0.263 e. The van der Waals surface area contributed by atoms with E-state index < -0.39 is 10.0 Å². The summed E-state index contributed by atoms with van der Waals surface area (Å²) >= 11 is 0. The van der Waals surface area contributed by atoms with Crippen molar-refractivity contribution in [3.8, 4) is 22.9 Å². The molecular weight excluding hydrogens is 528 g/mol. The van der Waals surface area contributed by atoms with Gasteiger partial charge in [0.05, 0.1) is 29.7 Å². The first-order chi connectivity index (χ1) is 19.1. The summed E-state index contributed by atoms with van der Waals surface area (Å²) in [6, 6.07) is 20.7. The van der Waals surface area contributed by atoms with Gasteiger partial charge in [0.25, 0.3) is 5.56 Å². The maximum absolute atomic E-state index is 13.6. The Morgan fingerprint density at radius 3 is 2.42 bits per heavy atom. The van der Waals surface area contributed by atoms with E-state index in [1.165, 1.54) is 12.4 Å². The molecule has 0 fully saturated rings. The Labute approximate surface area is 230 Å². The maximum Gasteiger partial charge on any atom is 0.263 e. The SMILES string of the molecule is CCc1cc2cccc(-c3cncc(NS(C)(=O)=O)c3)c2c(=O)n1-c1ccccc1.N#Cc1cnc(N)nc1N. The first-order valence-electron chi connectivity index (χ1n) is 12.1. The molecule has 0 radical (unpaired) electrons. The van der Waals surface area contributed by atoms with Crippen molar-refractivity contribution in [2.24, 2.45) is 0 Å². The first-order valence-corrected chi connectivity index (χ1v) is 13.9. The van der Waals surface area contributed by atoms with Crippen LogP contribution in [0.3, 0.4) is 0 Å². The molecule has 0 saturated heterocycles. The number of rotatable bonds is 5. The number of aromatic nitrogens is 4. The van der Waals surface area contributed by atoms with Crippen molar-refractivity contribution in [1.29, 1.82) is 5.26 Å². The van der Waals surface area contributed by atoms with Crippen molar-refractivity contribution in [2.45, 2.75) is 13.3 Å². The number of nitrogens with zero attached hydrogens (tertiary/aromatic N) is 5. The molecular formula is C28H26N8O3S. The van der Waals surface area contributed by atoms with Crippen LogP contribution >= 0.6 is 0 Å². The molecule has 11 nitrogen and oxygen atoms in total. The van der Waals surface area contributed by atoms with Gasteiger partial charge < -0.3 is 11.5 Å². The maximum atomic E-state index is 13.6. The summed E-state index contributed by atoms with van der Waals surface area (Å²) in [6.45, 7) is 2.02. The molecule has 40 heavy (non-hydrogen) atoms.